The van der Waals surface area contributed by atoms with E-state index in [0.29, 0.717) is 17.8 Å². The number of aliphatic hydroxyl groups is 1. The molecule has 4 fully saturated rings. The molecule has 1 aromatic heterocycles. The molecule has 0 aromatic carbocycles. The molecule has 4 bridgehead atoms. The molecule has 2 unspecified atom stereocenters. The molecule has 120 valence electrons. The molecule has 22 heavy (non-hydrogen) atoms. The zero-order chi connectivity index (χ0) is 15.5. The minimum absolute atomic E-state index is 0.138. The van der Waals surface area contributed by atoms with E-state index in [0.717, 1.165) is 24.1 Å². The molecule has 4 heteroatoms. The van der Waals surface area contributed by atoms with Crippen LogP contribution in [0.3, 0.4) is 0 Å². The number of amides is 1. The highest BCUT2D eigenvalue weighted by molar-refractivity contribution is 7.10. The van der Waals surface area contributed by atoms with Crippen LogP contribution in [0.4, 0.5) is 0 Å². The summed E-state index contributed by atoms with van der Waals surface area (Å²) in [5.74, 6) is 1.76. The van der Waals surface area contributed by atoms with Crippen molar-refractivity contribution < 1.29 is 9.90 Å². The number of hydrogen-bond acceptors (Lipinski definition) is 3. The van der Waals surface area contributed by atoms with Crippen molar-refractivity contribution in [3.05, 3.63) is 22.4 Å². The number of thiophene rings is 1. The Morgan fingerprint density at radius 1 is 1.32 bits per heavy atom. The predicted octanol–water partition coefficient (Wildman–Crippen LogP) is 3.08. The van der Waals surface area contributed by atoms with Gasteiger partial charge in [-0.15, -0.1) is 11.3 Å². The fourth-order valence-corrected chi connectivity index (χ4v) is 6.14. The Labute approximate surface area is 136 Å². The molecule has 0 radical (unpaired) electrons. The molecule has 4 saturated carbocycles. The first-order chi connectivity index (χ1) is 10.4. The number of rotatable bonds is 3. The first kappa shape index (κ1) is 14.7. The summed E-state index contributed by atoms with van der Waals surface area (Å²) in [6.45, 7) is 4.02. The van der Waals surface area contributed by atoms with Gasteiger partial charge in [0.05, 0.1) is 11.0 Å². The predicted molar refractivity (Wildman–Crippen MR) is 87.8 cm³/mol. The van der Waals surface area contributed by atoms with Crippen LogP contribution < -0.4 is 5.32 Å². The molecular weight excluding hydrogens is 294 g/mol. The second-order valence-electron chi connectivity index (χ2n) is 8.30. The van der Waals surface area contributed by atoms with Gasteiger partial charge in [-0.3, -0.25) is 4.79 Å². The van der Waals surface area contributed by atoms with Crippen molar-refractivity contribution in [1.82, 2.24) is 5.32 Å². The normalized spacial score (nSPS) is 40.0. The van der Waals surface area contributed by atoms with Gasteiger partial charge in [-0.1, -0.05) is 6.07 Å². The van der Waals surface area contributed by atoms with Gasteiger partial charge in [0, 0.05) is 10.9 Å². The van der Waals surface area contributed by atoms with Crippen LogP contribution in [-0.2, 0) is 10.2 Å². The average molecular weight is 319 g/mol. The lowest BCUT2D eigenvalue weighted by Gasteiger charge is -2.58. The van der Waals surface area contributed by atoms with Gasteiger partial charge in [-0.25, -0.2) is 0 Å². The number of hydrogen-bond donors (Lipinski definition) is 2. The van der Waals surface area contributed by atoms with Crippen molar-refractivity contribution in [3.8, 4) is 0 Å². The van der Waals surface area contributed by atoms with E-state index in [1.165, 1.54) is 12.8 Å². The summed E-state index contributed by atoms with van der Waals surface area (Å²) < 4.78 is 0. The van der Waals surface area contributed by atoms with Gasteiger partial charge in [-0.2, -0.15) is 0 Å². The largest absolute Gasteiger partial charge is 0.390 e. The smallest absolute Gasteiger partial charge is 0.231 e. The highest BCUT2D eigenvalue weighted by Gasteiger charge is 2.55. The molecule has 0 aliphatic heterocycles. The van der Waals surface area contributed by atoms with E-state index in [1.54, 1.807) is 11.3 Å². The van der Waals surface area contributed by atoms with Crippen LogP contribution in [0.25, 0.3) is 0 Å². The Hall–Kier alpha value is -0.870. The van der Waals surface area contributed by atoms with E-state index in [2.05, 4.69) is 5.32 Å². The van der Waals surface area contributed by atoms with Gasteiger partial charge in [0.25, 0.3) is 0 Å². The van der Waals surface area contributed by atoms with E-state index in [-0.39, 0.29) is 11.9 Å². The van der Waals surface area contributed by atoms with Crippen LogP contribution in [0, 0.1) is 17.8 Å². The Kier molecular flexibility index (Phi) is 3.22. The van der Waals surface area contributed by atoms with Crippen molar-refractivity contribution in [1.29, 1.82) is 0 Å². The van der Waals surface area contributed by atoms with Crippen molar-refractivity contribution in [2.24, 2.45) is 17.8 Å². The first-order valence-corrected chi connectivity index (χ1v) is 9.33. The molecule has 1 heterocycles. The van der Waals surface area contributed by atoms with Gasteiger partial charge in [0.1, 0.15) is 0 Å². The summed E-state index contributed by atoms with van der Waals surface area (Å²) in [6, 6.07) is 4.32. The van der Waals surface area contributed by atoms with E-state index < -0.39 is 11.0 Å². The van der Waals surface area contributed by atoms with Crippen LogP contribution in [0.15, 0.2) is 17.5 Å². The van der Waals surface area contributed by atoms with E-state index in [1.807, 2.05) is 31.4 Å². The van der Waals surface area contributed by atoms with Gasteiger partial charge < -0.3 is 10.4 Å². The number of carbonyl (C=O) groups is 1. The lowest BCUT2D eigenvalue weighted by atomic mass is 9.52. The zero-order valence-corrected chi connectivity index (χ0v) is 14.2. The molecule has 5 rings (SSSR count). The Morgan fingerprint density at radius 3 is 2.55 bits per heavy atom. The summed E-state index contributed by atoms with van der Waals surface area (Å²) in [6.07, 6.45) is 5.11. The third-order valence-electron chi connectivity index (χ3n) is 6.24. The zero-order valence-electron chi connectivity index (χ0n) is 13.3. The summed E-state index contributed by atoms with van der Waals surface area (Å²) in [5.41, 5.74) is -0.902. The first-order valence-electron chi connectivity index (χ1n) is 8.45. The van der Waals surface area contributed by atoms with E-state index in [9.17, 15) is 9.90 Å². The van der Waals surface area contributed by atoms with Crippen LogP contribution in [0.5, 0.6) is 0 Å². The van der Waals surface area contributed by atoms with Gasteiger partial charge in [-0.05, 0) is 75.2 Å². The Bertz CT molecular complexity index is 564. The summed E-state index contributed by atoms with van der Waals surface area (Å²) in [5, 5.41) is 16.0. The molecule has 4 aliphatic carbocycles. The van der Waals surface area contributed by atoms with Crippen molar-refractivity contribution in [3.63, 3.8) is 0 Å². The van der Waals surface area contributed by atoms with Gasteiger partial charge >= 0.3 is 0 Å². The topological polar surface area (TPSA) is 49.3 Å². The minimum atomic E-state index is -0.472. The fraction of sp³-hybridized carbons (Fsp3) is 0.722. The summed E-state index contributed by atoms with van der Waals surface area (Å²) in [7, 11) is 0. The standard InChI is InChI=1S/C18H25NO2S/c1-17(2,14-4-3-5-22-14)16(20)19-15-12-6-11-7-13(15)10-18(21,8-11)9-12/h3-5,11-13,15,21H,6-10H2,1-2H3,(H,19,20). The minimum Gasteiger partial charge on any atom is -0.390 e. The maximum atomic E-state index is 12.9. The SMILES string of the molecule is CC(C)(C(=O)NC1C2CC3CC1CC(O)(C3)C2)c1cccs1. The van der Waals surface area contributed by atoms with Crippen LogP contribution in [0.1, 0.15) is 50.8 Å². The monoisotopic (exact) mass is 319 g/mol. The highest BCUT2D eigenvalue weighted by Crippen LogP contribution is 2.55. The molecular formula is C18H25NO2S. The molecule has 2 N–H and O–H groups in total. The molecule has 0 saturated heterocycles. The quantitative estimate of drug-likeness (QED) is 0.899. The van der Waals surface area contributed by atoms with Gasteiger partial charge in [0.15, 0.2) is 0 Å². The average Bonchev–Trinajstić information content (AvgIpc) is 2.95. The maximum Gasteiger partial charge on any atom is 0.231 e. The molecule has 1 amide bonds. The van der Waals surface area contributed by atoms with Gasteiger partial charge in [0.2, 0.25) is 5.91 Å². The second kappa shape index (κ2) is 4.81. The highest BCUT2D eigenvalue weighted by atomic mass is 32.1. The number of nitrogens with one attached hydrogen (secondary N) is 1. The van der Waals surface area contributed by atoms with Crippen molar-refractivity contribution in [2.75, 3.05) is 0 Å². The van der Waals surface area contributed by atoms with E-state index in [4.69, 9.17) is 0 Å². The van der Waals surface area contributed by atoms with Crippen molar-refractivity contribution in [2.45, 2.75) is 63.0 Å². The van der Waals surface area contributed by atoms with Crippen LogP contribution in [-0.4, -0.2) is 22.7 Å². The number of carbonyl (C=O) groups excluding carboxylic acids is 1. The van der Waals surface area contributed by atoms with Crippen LogP contribution in [0.2, 0.25) is 0 Å². The molecule has 3 nitrogen and oxygen atoms in total. The fourth-order valence-electron chi connectivity index (χ4n) is 5.29. The second-order valence-corrected chi connectivity index (χ2v) is 9.24. The van der Waals surface area contributed by atoms with E-state index >= 15 is 0 Å². The summed E-state index contributed by atoms with van der Waals surface area (Å²) in [4.78, 5) is 14.0. The van der Waals surface area contributed by atoms with Crippen molar-refractivity contribution >= 4 is 17.2 Å². The maximum absolute atomic E-state index is 12.9. The Balaban J connectivity index is 1.51. The third-order valence-corrected chi connectivity index (χ3v) is 7.44. The lowest BCUT2D eigenvalue weighted by Crippen LogP contribution is -2.62. The third kappa shape index (κ3) is 2.23. The Morgan fingerprint density at radius 2 is 2.00 bits per heavy atom. The lowest BCUT2D eigenvalue weighted by molar-refractivity contribution is -0.148. The molecule has 4 aliphatic rings. The summed E-state index contributed by atoms with van der Waals surface area (Å²) >= 11 is 1.65. The molecule has 1 aromatic rings. The van der Waals surface area contributed by atoms with Crippen LogP contribution >= 0.6 is 11.3 Å². The molecule has 0 spiro atoms. The molecule has 2 atom stereocenters.